The topological polar surface area (TPSA) is 15.3 Å². The molecule has 15 heavy (non-hydrogen) atoms. The van der Waals surface area contributed by atoms with Crippen molar-refractivity contribution in [3.05, 3.63) is 0 Å². The maximum absolute atomic E-state index is 3.56. The molecule has 2 atom stereocenters. The second-order valence-corrected chi connectivity index (χ2v) is 4.57. The van der Waals surface area contributed by atoms with Crippen molar-refractivity contribution in [2.24, 2.45) is 0 Å². The molecule has 0 aliphatic carbocycles. The van der Waals surface area contributed by atoms with E-state index in [-0.39, 0.29) is 0 Å². The molecule has 0 saturated carbocycles. The van der Waals surface area contributed by atoms with Gasteiger partial charge >= 0.3 is 0 Å². The van der Waals surface area contributed by atoms with E-state index in [4.69, 9.17) is 0 Å². The summed E-state index contributed by atoms with van der Waals surface area (Å²) in [6.45, 7) is 14.9. The average molecular weight is 214 g/mol. The minimum atomic E-state index is 0.644. The summed E-state index contributed by atoms with van der Waals surface area (Å²) in [5, 5.41) is 3.56. The molecule has 2 unspecified atom stereocenters. The molecule has 0 aliphatic heterocycles. The molecule has 0 spiro atoms. The van der Waals surface area contributed by atoms with Crippen LogP contribution in [0.15, 0.2) is 0 Å². The third-order valence-electron chi connectivity index (χ3n) is 2.98. The van der Waals surface area contributed by atoms with Crippen LogP contribution >= 0.6 is 0 Å². The first-order valence-electron chi connectivity index (χ1n) is 6.63. The van der Waals surface area contributed by atoms with E-state index in [1.807, 2.05) is 0 Å². The van der Waals surface area contributed by atoms with Gasteiger partial charge in [-0.15, -0.1) is 0 Å². The lowest BCUT2D eigenvalue weighted by atomic mass is 10.1. The maximum atomic E-state index is 3.56. The van der Waals surface area contributed by atoms with Crippen LogP contribution in [0.1, 0.15) is 53.9 Å². The molecule has 0 aromatic heterocycles. The molecule has 0 aliphatic rings. The van der Waals surface area contributed by atoms with Crippen molar-refractivity contribution < 1.29 is 0 Å². The summed E-state index contributed by atoms with van der Waals surface area (Å²) in [5.74, 6) is 0. The fourth-order valence-corrected chi connectivity index (χ4v) is 2.11. The van der Waals surface area contributed by atoms with Gasteiger partial charge in [0, 0.05) is 12.1 Å². The molecule has 0 aromatic carbocycles. The van der Waals surface area contributed by atoms with Crippen molar-refractivity contribution in [1.82, 2.24) is 10.2 Å². The maximum Gasteiger partial charge on any atom is 0.00815 e. The van der Waals surface area contributed by atoms with Gasteiger partial charge in [0.15, 0.2) is 0 Å². The molecule has 2 heteroatoms. The van der Waals surface area contributed by atoms with Crippen LogP contribution in [0.25, 0.3) is 0 Å². The number of hydrogen-bond donors (Lipinski definition) is 1. The molecule has 0 radical (unpaired) electrons. The van der Waals surface area contributed by atoms with E-state index in [1.165, 1.54) is 32.4 Å². The molecular formula is C13H30N2. The van der Waals surface area contributed by atoms with Gasteiger partial charge in [-0.2, -0.15) is 0 Å². The van der Waals surface area contributed by atoms with Crippen LogP contribution in [0.4, 0.5) is 0 Å². The van der Waals surface area contributed by atoms with E-state index in [0.29, 0.717) is 12.1 Å². The van der Waals surface area contributed by atoms with Crippen LogP contribution in [-0.4, -0.2) is 36.6 Å². The monoisotopic (exact) mass is 214 g/mol. The summed E-state index contributed by atoms with van der Waals surface area (Å²) in [7, 11) is 0. The fraction of sp³-hybridized carbons (Fsp3) is 1.00. The molecule has 92 valence electrons. The highest BCUT2D eigenvalue weighted by atomic mass is 15.1. The third kappa shape index (κ3) is 6.91. The molecule has 0 rings (SSSR count). The van der Waals surface area contributed by atoms with E-state index >= 15 is 0 Å². The van der Waals surface area contributed by atoms with Crippen LogP contribution in [-0.2, 0) is 0 Å². The summed E-state index contributed by atoms with van der Waals surface area (Å²) >= 11 is 0. The Bertz CT molecular complexity index is 136. The third-order valence-corrected chi connectivity index (χ3v) is 2.98. The van der Waals surface area contributed by atoms with Crippen molar-refractivity contribution in [1.29, 1.82) is 0 Å². The highest BCUT2D eigenvalue weighted by Gasteiger charge is 2.13. The lowest BCUT2D eigenvalue weighted by molar-refractivity contribution is 0.198. The lowest BCUT2D eigenvalue weighted by Gasteiger charge is -2.29. The van der Waals surface area contributed by atoms with Gasteiger partial charge in [0.25, 0.3) is 0 Å². The van der Waals surface area contributed by atoms with E-state index in [9.17, 15) is 0 Å². The molecule has 0 aromatic rings. The van der Waals surface area contributed by atoms with Crippen molar-refractivity contribution in [3.63, 3.8) is 0 Å². The SMILES string of the molecule is CCCNC(C)CC(C)N(CC)CCC. The van der Waals surface area contributed by atoms with Gasteiger partial charge in [-0.25, -0.2) is 0 Å². The van der Waals surface area contributed by atoms with Gasteiger partial charge in [-0.1, -0.05) is 20.8 Å². The predicted molar refractivity (Wildman–Crippen MR) is 69.4 cm³/mol. The Labute approximate surface area is 96.4 Å². The Balaban J connectivity index is 3.81. The summed E-state index contributed by atoms with van der Waals surface area (Å²) in [6, 6.07) is 1.35. The zero-order valence-electron chi connectivity index (χ0n) is 11.3. The van der Waals surface area contributed by atoms with Gasteiger partial charge in [0.1, 0.15) is 0 Å². The first kappa shape index (κ1) is 14.9. The Kier molecular flexibility index (Phi) is 9.12. The van der Waals surface area contributed by atoms with Crippen LogP contribution in [0.5, 0.6) is 0 Å². The molecule has 2 nitrogen and oxygen atoms in total. The Morgan fingerprint density at radius 3 is 2.20 bits per heavy atom. The van der Waals surface area contributed by atoms with Crippen molar-refractivity contribution in [2.45, 2.75) is 66.0 Å². The Morgan fingerprint density at radius 2 is 1.73 bits per heavy atom. The van der Waals surface area contributed by atoms with Crippen LogP contribution < -0.4 is 5.32 Å². The van der Waals surface area contributed by atoms with Crippen molar-refractivity contribution >= 4 is 0 Å². The molecule has 1 N–H and O–H groups in total. The number of hydrogen-bond acceptors (Lipinski definition) is 2. The Hall–Kier alpha value is -0.0800. The number of nitrogens with one attached hydrogen (secondary N) is 1. The van der Waals surface area contributed by atoms with Gasteiger partial charge in [-0.05, 0) is 52.7 Å². The van der Waals surface area contributed by atoms with Gasteiger partial charge in [-0.3, -0.25) is 0 Å². The molecule has 0 fully saturated rings. The minimum Gasteiger partial charge on any atom is -0.314 e. The van der Waals surface area contributed by atoms with Crippen LogP contribution in [0, 0.1) is 0 Å². The fourth-order valence-electron chi connectivity index (χ4n) is 2.11. The molecule has 0 heterocycles. The second-order valence-electron chi connectivity index (χ2n) is 4.57. The van der Waals surface area contributed by atoms with E-state index < -0.39 is 0 Å². The predicted octanol–water partition coefficient (Wildman–Crippen LogP) is 2.89. The number of nitrogens with zero attached hydrogens (tertiary/aromatic N) is 1. The summed E-state index contributed by atoms with van der Waals surface area (Å²) < 4.78 is 0. The quantitative estimate of drug-likeness (QED) is 0.635. The molecule has 0 bridgehead atoms. The molecule has 0 saturated heterocycles. The highest BCUT2D eigenvalue weighted by Crippen LogP contribution is 2.07. The van der Waals surface area contributed by atoms with Gasteiger partial charge in [0.05, 0.1) is 0 Å². The lowest BCUT2D eigenvalue weighted by Crippen LogP contribution is -2.39. The smallest absolute Gasteiger partial charge is 0.00815 e. The van der Waals surface area contributed by atoms with Crippen molar-refractivity contribution in [2.75, 3.05) is 19.6 Å². The standard InChI is InChI=1S/C13H30N2/c1-6-9-14-12(4)11-13(5)15(8-3)10-7-2/h12-14H,6-11H2,1-5H3. The second kappa shape index (κ2) is 9.17. The van der Waals surface area contributed by atoms with E-state index in [2.05, 4.69) is 44.8 Å². The van der Waals surface area contributed by atoms with Crippen LogP contribution in [0.3, 0.4) is 0 Å². The van der Waals surface area contributed by atoms with E-state index in [0.717, 1.165) is 6.54 Å². The average Bonchev–Trinajstić information content (AvgIpc) is 2.22. The zero-order valence-corrected chi connectivity index (χ0v) is 11.3. The first-order chi connectivity index (χ1) is 7.15. The largest absolute Gasteiger partial charge is 0.314 e. The summed E-state index contributed by atoms with van der Waals surface area (Å²) in [5.41, 5.74) is 0. The van der Waals surface area contributed by atoms with Crippen LogP contribution in [0.2, 0.25) is 0 Å². The minimum absolute atomic E-state index is 0.644. The normalized spacial score (nSPS) is 15.6. The van der Waals surface area contributed by atoms with Gasteiger partial charge in [0.2, 0.25) is 0 Å². The van der Waals surface area contributed by atoms with Crippen molar-refractivity contribution in [3.8, 4) is 0 Å². The number of rotatable bonds is 9. The molecular weight excluding hydrogens is 184 g/mol. The Morgan fingerprint density at radius 1 is 1.07 bits per heavy atom. The first-order valence-corrected chi connectivity index (χ1v) is 6.63. The molecule has 0 amide bonds. The van der Waals surface area contributed by atoms with Gasteiger partial charge < -0.3 is 10.2 Å². The highest BCUT2D eigenvalue weighted by molar-refractivity contribution is 4.72. The zero-order chi connectivity index (χ0) is 11.7. The summed E-state index contributed by atoms with van der Waals surface area (Å²) in [6.07, 6.45) is 3.74. The summed E-state index contributed by atoms with van der Waals surface area (Å²) in [4.78, 5) is 2.57. The van der Waals surface area contributed by atoms with E-state index in [1.54, 1.807) is 0 Å².